The summed E-state index contributed by atoms with van der Waals surface area (Å²) in [5.41, 5.74) is 2.95. The highest BCUT2D eigenvalue weighted by molar-refractivity contribution is 5.26. The van der Waals surface area contributed by atoms with Crippen molar-refractivity contribution in [3.8, 4) is 0 Å². The lowest BCUT2D eigenvalue weighted by Crippen LogP contribution is -2.44. The third kappa shape index (κ3) is 2.44. The van der Waals surface area contributed by atoms with Gasteiger partial charge in [-0.3, -0.25) is 0 Å². The smallest absolute Gasteiger partial charge is 0.0103 e. The Bertz CT molecular complexity index is 508. The summed E-state index contributed by atoms with van der Waals surface area (Å²) >= 11 is 0. The Hall–Kier alpha value is -0.820. The fourth-order valence-corrected chi connectivity index (χ4v) is 5.85. The largest absolute Gasteiger partial charge is 0.311 e. The molecular formula is C20H29N. The Kier molecular flexibility index (Phi) is 3.57. The van der Waals surface area contributed by atoms with Crippen LogP contribution in [0.25, 0.3) is 0 Å². The molecule has 3 aliphatic rings. The van der Waals surface area contributed by atoms with E-state index < -0.39 is 0 Å². The Morgan fingerprint density at radius 3 is 2.76 bits per heavy atom. The van der Waals surface area contributed by atoms with Crippen LogP contribution in [-0.4, -0.2) is 12.1 Å². The highest BCUT2D eigenvalue weighted by atomic mass is 15.0. The number of hydrogen-bond acceptors (Lipinski definition) is 1. The first-order valence-corrected chi connectivity index (χ1v) is 9.03. The van der Waals surface area contributed by atoms with Crippen LogP contribution < -0.4 is 5.32 Å². The zero-order valence-electron chi connectivity index (χ0n) is 13.5. The van der Waals surface area contributed by atoms with E-state index >= 15 is 0 Å². The van der Waals surface area contributed by atoms with Crippen molar-refractivity contribution in [2.45, 2.75) is 64.5 Å². The Balaban J connectivity index is 1.38. The molecule has 0 aliphatic heterocycles. The van der Waals surface area contributed by atoms with Gasteiger partial charge >= 0.3 is 0 Å². The van der Waals surface area contributed by atoms with E-state index in [0.29, 0.717) is 6.04 Å². The van der Waals surface area contributed by atoms with Gasteiger partial charge in [0.1, 0.15) is 0 Å². The molecule has 21 heavy (non-hydrogen) atoms. The molecule has 0 radical (unpaired) electrons. The van der Waals surface area contributed by atoms with Crippen molar-refractivity contribution in [1.29, 1.82) is 0 Å². The van der Waals surface area contributed by atoms with Gasteiger partial charge in [0.05, 0.1) is 0 Å². The van der Waals surface area contributed by atoms with Crippen LogP contribution in [-0.2, 0) is 6.42 Å². The van der Waals surface area contributed by atoms with Crippen molar-refractivity contribution in [2.24, 2.45) is 23.7 Å². The molecule has 114 valence electrons. The predicted molar refractivity (Wildman–Crippen MR) is 88.3 cm³/mol. The van der Waals surface area contributed by atoms with Gasteiger partial charge in [-0.2, -0.15) is 0 Å². The summed E-state index contributed by atoms with van der Waals surface area (Å²) < 4.78 is 0. The maximum atomic E-state index is 4.00. The van der Waals surface area contributed by atoms with Crippen LogP contribution in [0.5, 0.6) is 0 Å². The van der Waals surface area contributed by atoms with Gasteiger partial charge in [-0.05, 0) is 80.8 Å². The Morgan fingerprint density at radius 1 is 1.10 bits per heavy atom. The van der Waals surface area contributed by atoms with Gasteiger partial charge in [-0.25, -0.2) is 0 Å². The van der Waals surface area contributed by atoms with Crippen molar-refractivity contribution in [3.63, 3.8) is 0 Å². The van der Waals surface area contributed by atoms with Crippen molar-refractivity contribution >= 4 is 0 Å². The van der Waals surface area contributed by atoms with Crippen LogP contribution in [0.2, 0.25) is 0 Å². The number of rotatable bonds is 4. The van der Waals surface area contributed by atoms with Crippen molar-refractivity contribution in [1.82, 2.24) is 5.32 Å². The molecule has 3 aliphatic carbocycles. The minimum absolute atomic E-state index is 0.607. The summed E-state index contributed by atoms with van der Waals surface area (Å²) in [5.74, 6) is 4.25. The van der Waals surface area contributed by atoms with E-state index in [4.69, 9.17) is 0 Å². The van der Waals surface area contributed by atoms with E-state index in [2.05, 4.69) is 43.4 Å². The molecule has 0 spiro atoms. The summed E-state index contributed by atoms with van der Waals surface area (Å²) in [6, 6.07) is 10.3. The number of nitrogens with one attached hydrogen (secondary N) is 1. The minimum Gasteiger partial charge on any atom is -0.311 e. The molecule has 2 bridgehead atoms. The standard InChI is InChI=1S/C20H29N/c1-13-6-3-4-7-15(13)10-14(2)21-20-12-16-11-19(20)18-9-5-8-17(16)18/h3-4,6-7,14,16-21H,5,8-12H2,1-2H3. The molecule has 0 aromatic heterocycles. The predicted octanol–water partition coefficient (Wildman–Crippen LogP) is 4.34. The highest BCUT2D eigenvalue weighted by Gasteiger charge is 2.53. The van der Waals surface area contributed by atoms with Gasteiger partial charge in [0, 0.05) is 12.1 Å². The van der Waals surface area contributed by atoms with Crippen LogP contribution in [0.3, 0.4) is 0 Å². The Labute approximate surface area is 129 Å². The fraction of sp³-hybridized carbons (Fsp3) is 0.700. The molecule has 0 saturated heterocycles. The van der Waals surface area contributed by atoms with E-state index in [-0.39, 0.29) is 0 Å². The lowest BCUT2D eigenvalue weighted by atomic mass is 9.79. The highest BCUT2D eigenvalue weighted by Crippen LogP contribution is 2.58. The summed E-state index contributed by atoms with van der Waals surface area (Å²) in [7, 11) is 0. The first-order valence-electron chi connectivity index (χ1n) is 9.03. The van der Waals surface area contributed by atoms with Crippen molar-refractivity contribution in [3.05, 3.63) is 35.4 Å². The molecule has 0 heterocycles. The molecule has 4 rings (SSSR count). The van der Waals surface area contributed by atoms with Crippen molar-refractivity contribution < 1.29 is 0 Å². The third-order valence-corrected chi connectivity index (χ3v) is 6.71. The first kappa shape index (κ1) is 13.8. The Morgan fingerprint density at radius 2 is 1.90 bits per heavy atom. The van der Waals surface area contributed by atoms with Crippen molar-refractivity contribution in [2.75, 3.05) is 0 Å². The second-order valence-corrected chi connectivity index (χ2v) is 7.96. The average molecular weight is 283 g/mol. The molecule has 6 atom stereocenters. The van der Waals surface area contributed by atoms with Crippen LogP contribution in [0.1, 0.15) is 50.2 Å². The SMILES string of the molecule is Cc1ccccc1CC(C)NC1CC2CC1C1CCCC21. The molecule has 3 fully saturated rings. The van der Waals surface area contributed by atoms with E-state index in [0.717, 1.165) is 29.7 Å². The first-order chi connectivity index (χ1) is 10.2. The molecule has 1 heteroatoms. The number of aryl methyl sites for hydroxylation is 1. The lowest BCUT2D eigenvalue weighted by molar-refractivity contribution is 0.199. The molecule has 3 saturated carbocycles. The summed E-state index contributed by atoms with van der Waals surface area (Å²) in [6.07, 6.45) is 8.74. The van der Waals surface area contributed by atoms with Gasteiger partial charge in [0.2, 0.25) is 0 Å². The summed E-state index contributed by atoms with van der Waals surface area (Å²) in [4.78, 5) is 0. The van der Waals surface area contributed by atoms with E-state index in [9.17, 15) is 0 Å². The molecule has 6 unspecified atom stereocenters. The number of fused-ring (bicyclic) bond motifs is 5. The molecular weight excluding hydrogens is 254 g/mol. The summed E-state index contributed by atoms with van der Waals surface area (Å²) in [6.45, 7) is 4.62. The van der Waals surface area contributed by atoms with Crippen LogP contribution in [0.15, 0.2) is 24.3 Å². The van der Waals surface area contributed by atoms with E-state index in [1.54, 1.807) is 0 Å². The van der Waals surface area contributed by atoms with Gasteiger partial charge < -0.3 is 5.32 Å². The zero-order chi connectivity index (χ0) is 14.4. The fourth-order valence-electron chi connectivity index (χ4n) is 5.85. The lowest BCUT2D eigenvalue weighted by Gasteiger charge is -2.34. The monoisotopic (exact) mass is 283 g/mol. The van der Waals surface area contributed by atoms with Crippen LogP contribution in [0, 0.1) is 30.6 Å². The van der Waals surface area contributed by atoms with E-state index in [1.165, 1.54) is 49.7 Å². The number of hydrogen-bond donors (Lipinski definition) is 1. The van der Waals surface area contributed by atoms with Gasteiger partial charge in [0.25, 0.3) is 0 Å². The summed E-state index contributed by atoms with van der Waals surface area (Å²) in [5, 5.41) is 4.00. The number of benzene rings is 1. The molecule has 1 aromatic rings. The molecule has 1 N–H and O–H groups in total. The van der Waals surface area contributed by atoms with Crippen LogP contribution >= 0.6 is 0 Å². The maximum Gasteiger partial charge on any atom is 0.0103 e. The normalized spacial score (nSPS) is 38.7. The second-order valence-electron chi connectivity index (χ2n) is 7.96. The second kappa shape index (κ2) is 5.43. The molecule has 1 aromatic carbocycles. The maximum absolute atomic E-state index is 4.00. The zero-order valence-corrected chi connectivity index (χ0v) is 13.5. The topological polar surface area (TPSA) is 12.0 Å². The van der Waals surface area contributed by atoms with Crippen LogP contribution in [0.4, 0.5) is 0 Å². The average Bonchev–Trinajstić information content (AvgIpc) is 3.13. The quantitative estimate of drug-likeness (QED) is 0.866. The minimum atomic E-state index is 0.607. The van der Waals surface area contributed by atoms with Gasteiger partial charge in [-0.1, -0.05) is 30.7 Å². The van der Waals surface area contributed by atoms with E-state index in [1.807, 2.05) is 0 Å². The molecule has 0 amide bonds. The van der Waals surface area contributed by atoms with Gasteiger partial charge in [0.15, 0.2) is 0 Å². The van der Waals surface area contributed by atoms with Gasteiger partial charge in [-0.15, -0.1) is 0 Å². The molecule has 1 nitrogen and oxygen atoms in total. The third-order valence-electron chi connectivity index (χ3n) is 6.71.